The first-order valence-electron chi connectivity index (χ1n) is 7.42. The van der Waals surface area contributed by atoms with E-state index in [2.05, 4.69) is 19.8 Å². The molecular weight excluding hydrogens is 323 g/mol. The molecule has 1 heterocycles. The maximum atomic E-state index is 12.2. The SMILES string of the molecule is Cc1nnc(CN(Cc2ccc(OC(F)(F)F)cc2)C(C)(C)C)o1. The minimum absolute atomic E-state index is 0.191. The van der Waals surface area contributed by atoms with Crippen LogP contribution in [0.1, 0.15) is 38.1 Å². The summed E-state index contributed by atoms with van der Waals surface area (Å²) in [5.74, 6) is 0.757. The fourth-order valence-corrected chi connectivity index (χ4v) is 2.11. The van der Waals surface area contributed by atoms with E-state index < -0.39 is 6.36 Å². The van der Waals surface area contributed by atoms with Crippen molar-refractivity contribution in [2.45, 2.75) is 52.7 Å². The van der Waals surface area contributed by atoms with Crippen molar-refractivity contribution in [1.29, 1.82) is 0 Å². The summed E-state index contributed by atoms with van der Waals surface area (Å²) in [7, 11) is 0. The molecule has 0 unspecified atom stereocenters. The third-order valence-corrected chi connectivity index (χ3v) is 3.37. The van der Waals surface area contributed by atoms with E-state index in [0.29, 0.717) is 24.9 Å². The van der Waals surface area contributed by atoms with Gasteiger partial charge >= 0.3 is 6.36 Å². The van der Waals surface area contributed by atoms with Gasteiger partial charge in [-0.2, -0.15) is 0 Å². The maximum absolute atomic E-state index is 12.2. The Kier molecular flexibility index (Phi) is 5.17. The average Bonchev–Trinajstić information content (AvgIpc) is 2.83. The van der Waals surface area contributed by atoms with Gasteiger partial charge in [-0.3, -0.25) is 4.90 Å². The highest BCUT2D eigenvalue weighted by molar-refractivity contribution is 5.27. The molecule has 0 saturated carbocycles. The van der Waals surface area contributed by atoms with Crippen LogP contribution >= 0.6 is 0 Å². The lowest BCUT2D eigenvalue weighted by atomic mass is 10.0. The van der Waals surface area contributed by atoms with Gasteiger partial charge in [-0.1, -0.05) is 12.1 Å². The number of hydrogen-bond acceptors (Lipinski definition) is 5. The summed E-state index contributed by atoms with van der Waals surface area (Å²) in [5.41, 5.74) is 0.666. The van der Waals surface area contributed by atoms with Crippen LogP contribution in [-0.4, -0.2) is 27.0 Å². The molecule has 8 heteroatoms. The Bertz CT molecular complexity index is 660. The van der Waals surface area contributed by atoms with Crippen LogP contribution in [0, 0.1) is 6.92 Å². The molecule has 1 aromatic heterocycles. The molecule has 0 aliphatic heterocycles. The topological polar surface area (TPSA) is 51.4 Å². The van der Waals surface area contributed by atoms with Gasteiger partial charge in [-0.15, -0.1) is 23.4 Å². The first-order valence-corrected chi connectivity index (χ1v) is 7.42. The molecule has 132 valence electrons. The Morgan fingerprint density at radius 2 is 1.67 bits per heavy atom. The third kappa shape index (κ3) is 5.52. The van der Waals surface area contributed by atoms with Crippen molar-refractivity contribution in [1.82, 2.24) is 15.1 Å². The fraction of sp³-hybridized carbons (Fsp3) is 0.500. The van der Waals surface area contributed by atoms with Gasteiger partial charge in [0.05, 0.1) is 6.54 Å². The average molecular weight is 343 g/mol. The van der Waals surface area contributed by atoms with Gasteiger partial charge in [-0.05, 0) is 38.5 Å². The first kappa shape index (κ1) is 18.3. The van der Waals surface area contributed by atoms with E-state index in [-0.39, 0.29) is 11.3 Å². The summed E-state index contributed by atoms with van der Waals surface area (Å²) in [5, 5.41) is 7.80. The second kappa shape index (κ2) is 6.80. The quantitative estimate of drug-likeness (QED) is 0.819. The van der Waals surface area contributed by atoms with Crippen LogP contribution < -0.4 is 4.74 Å². The number of nitrogens with zero attached hydrogens (tertiary/aromatic N) is 3. The lowest BCUT2D eigenvalue weighted by Gasteiger charge is -2.34. The van der Waals surface area contributed by atoms with Crippen LogP contribution in [0.25, 0.3) is 0 Å². The molecule has 2 aromatic rings. The minimum Gasteiger partial charge on any atom is -0.424 e. The predicted molar refractivity (Wildman–Crippen MR) is 81.2 cm³/mol. The first-order chi connectivity index (χ1) is 11.0. The number of benzene rings is 1. The highest BCUT2D eigenvalue weighted by Gasteiger charge is 2.31. The fourth-order valence-electron chi connectivity index (χ4n) is 2.11. The molecule has 0 saturated heterocycles. The number of rotatable bonds is 5. The molecular formula is C16H20F3N3O2. The van der Waals surface area contributed by atoms with Crippen molar-refractivity contribution < 1.29 is 22.3 Å². The minimum atomic E-state index is -4.69. The molecule has 0 aliphatic rings. The molecule has 0 fully saturated rings. The van der Waals surface area contributed by atoms with Crippen LogP contribution in [0.2, 0.25) is 0 Å². The van der Waals surface area contributed by atoms with E-state index in [1.165, 1.54) is 12.1 Å². The summed E-state index contributed by atoms with van der Waals surface area (Å²) in [4.78, 5) is 2.10. The molecule has 0 amide bonds. The molecule has 0 radical (unpaired) electrons. The third-order valence-electron chi connectivity index (χ3n) is 3.37. The van der Waals surface area contributed by atoms with E-state index in [1.54, 1.807) is 19.1 Å². The normalized spacial score (nSPS) is 12.7. The van der Waals surface area contributed by atoms with Crippen LogP contribution in [0.4, 0.5) is 13.2 Å². The predicted octanol–water partition coefficient (Wildman–Crippen LogP) is 4.08. The lowest BCUT2D eigenvalue weighted by molar-refractivity contribution is -0.274. The van der Waals surface area contributed by atoms with Crippen LogP contribution in [0.5, 0.6) is 5.75 Å². The van der Waals surface area contributed by atoms with Gasteiger partial charge in [0, 0.05) is 19.0 Å². The van der Waals surface area contributed by atoms with Crippen molar-refractivity contribution in [2.24, 2.45) is 0 Å². The zero-order valence-corrected chi connectivity index (χ0v) is 14.0. The molecule has 1 aromatic carbocycles. The van der Waals surface area contributed by atoms with Crippen molar-refractivity contribution in [3.05, 3.63) is 41.6 Å². The van der Waals surface area contributed by atoms with E-state index >= 15 is 0 Å². The maximum Gasteiger partial charge on any atom is 0.573 e. The Labute approximate surface area is 138 Å². The lowest BCUT2D eigenvalue weighted by Crippen LogP contribution is -2.40. The van der Waals surface area contributed by atoms with Gasteiger partial charge in [0.1, 0.15) is 5.75 Å². The number of aromatic nitrogens is 2. The van der Waals surface area contributed by atoms with E-state index in [4.69, 9.17) is 4.42 Å². The summed E-state index contributed by atoms with van der Waals surface area (Å²) in [6, 6.07) is 5.83. The summed E-state index contributed by atoms with van der Waals surface area (Å²) >= 11 is 0. The highest BCUT2D eigenvalue weighted by atomic mass is 19.4. The Morgan fingerprint density at radius 3 is 2.12 bits per heavy atom. The van der Waals surface area contributed by atoms with E-state index in [9.17, 15) is 13.2 Å². The van der Waals surface area contributed by atoms with Crippen molar-refractivity contribution >= 4 is 0 Å². The molecule has 0 spiro atoms. The molecule has 2 rings (SSSR count). The number of hydrogen-bond donors (Lipinski definition) is 0. The number of alkyl halides is 3. The number of aryl methyl sites for hydroxylation is 1. The highest BCUT2D eigenvalue weighted by Crippen LogP contribution is 2.25. The van der Waals surface area contributed by atoms with Crippen molar-refractivity contribution in [2.75, 3.05) is 0 Å². The van der Waals surface area contributed by atoms with Gasteiger partial charge < -0.3 is 9.15 Å². The molecule has 0 bridgehead atoms. The van der Waals surface area contributed by atoms with Crippen LogP contribution in [-0.2, 0) is 13.1 Å². The van der Waals surface area contributed by atoms with Gasteiger partial charge in [0.2, 0.25) is 11.8 Å². The number of ether oxygens (including phenoxy) is 1. The summed E-state index contributed by atoms with van der Waals surface area (Å²) in [6.45, 7) is 8.81. The molecule has 24 heavy (non-hydrogen) atoms. The number of halogens is 3. The van der Waals surface area contributed by atoms with E-state index in [1.807, 2.05) is 20.8 Å². The van der Waals surface area contributed by atoms with Crippen molar-refractivity contribution in [3.63, 3.8) is 0 Å². The van der Waals surface area contributed by atoms with Crippen LogP contribution in [0.15, 0.2) is 28.7 Å². The second-order valence-corrected chi connectivity index (χ2v) is 6.43. The summed E-state index contributed by atoms with van der Waals surface area (Å²) in [6.07, 6.45) is -4.69. The zero-order valence-electron chi connectivity index (χ0n) is 14.0. The monoisotopic (exact) mass is 343 g/mol. The molecule has 0 N–H and O–H groups in total. The molecule has 0 aliphatic carbocycles. The Balaban J connectivity index is 2.09. The largest absolute Gasteiger partial charge is 0.573 e. The van der Waals surface area contributed by atoms with Gasteiger partial charge in [-0.25, -0.2) is 0 Å². The van der Waals surface area contributed by atoms with E-state index in [0.717, 1.165) is 5.56 Å². The standard InChI is InChI=1S/C16H20F3N3O2/c1-11-20-21-14(23-11)10-22(15(2,3)4)9-12-5-7-13(8-6-12)24-16(17,18)19/h5-8H,9-10H2,1-4H3. The molecule has 5 nitrogen and oxygen atoms in total. The van der Waals surface area contributed by atoms with Gasteiger partial charge in [0.15, 0.2) is 0 Å². The van der Waals surface area contributed by atoms with Gasteiger partial charge in [0.25, 0.3) is 0 Å². The summed E-state index contributed by atoms with van der Waals surface area (Å²) < 4.78 is 45.9. The Hall–Kier alpha value is -2.09. The molecule has 0 atom stereocenters. The second-order valence-electron chi connectivity index (χ2n) is 6.43. The van der Waals surface area contributed by atoms with Crippen LogP contribution in [0.3, 0.4) is 0 Å². The van der Waals surface area contributed by atoms with Crippen molar-refractivity contribution in [3.8, 4) is 5.75 Å². The zero-order chi connectivity index (χ0) is 18.0. The smallest absolute Gasteiger partial charge is 0.424 e. The Morgan fingerprint density at radius 1 is 1.04 bits per heavy atom.